The quantitative estimate of drug-likeness (QED) is 0.820. The Labute approximate surface area is 150 Å². The van der Waals surface area contributed by atoms with Gasteiger partial charge in [0.15, 0.2) is 0 Å². The van der Waals surface area contributed by atoms with E-state index in [-0.39, 0.29) is 11.8 Å². The minimum Gasteiger partial charge on any atom is -0.338 e. The summed E-state index contributed by atoms with van der Waals surface area (Å²) in [5, 5.41) is 0. The van der Waals surface area contributed by atoms with Crippen molar-refractivity contribution in [2.75, 3.05) is 24.5 Å². The predicted octanol–water partition coefficient (Wildman–Crippen LogP) is 3.86. The SMILES string of the molecule is O=C(c1ccc(N2CCCCC2=O)cc1)N1CC[C@H]2CCCC[C@H]2C1. The summed E-state index contributed by atoms with van der Waals surface area (Å²) in [6.07, 6.45) is 9.17. The standard InChI is InChI=1S/C21H28N2O2/c24-20-7-3-4-13-23(20)19-10-8-17(9-11-19)21(25)22-14-12-16-5-1-2-6-18(16)15-22/h8-11,16,18H,1-7,12-15H2/t16-,18+/m1/s1. The zero-order chi connectivity index (χ0) is 17.2. The van der Waals surface area contributed by atoms with Gasteiger partial charge in [-0.2, -0.15) is 0 Å². The highest BCUT2D eigenvalue weighted by Crippen LogP contribution is 2.36. The van der Waals surface area contributed by atoms with Gasteiger partial charge in [-0.3, -0.25) is 9.59 Å². The van der Waals surface area contributed by atoms with Crippen LogP contribution in [0.5, 0.6) is 0 Å². The van der Waals surface area contributed by atoms with E-state index in [2.05, 4.69) is 0 Å². The number of benzene rings is 1. The van der Waals surface area contributed by atoms with Crippen LogP contribution in [0, 0.1) is 11.8 Å². The second kappa shape index (κ2) is 7.19. The minimum atomic E-state index is 0.153. The van der Waals surface area contributed by atoms with Gasteiger partial charge in [-0.05, 0) is 61.8 Å². The lowest BCUT2D eigenvalue weighted by atomic mass is 9.75. The van der Waals surface area contributed by atoms with Crippen LogP contribution in [0.3, 0.4) is 0 Å². The van der Waals surface area contributed by atoms with Crippen molar-refractivity contribution in [3.05, 3.63) is 29.8 Å². The molecule has 0 unspecified atom stereocenters. The zero-order valence-corrected chi connectivity index (χ0v) is 15.0. The van der Waals surface area contributed by atoms with Crippen LogP contribution >= 0.6 is 0 Å². The smallest absolute Gasteiger partial charge is 0.253 e. The molecule has 0 spiro atoms. The number of hydrogen-bond acceptors (Lipinski definition) is 2. The summed E-state index contributed by atoms with van der Waals surface area (Å²) < 4.78 is 0. The first-order valence-electron chi connectivity index (χ1n) is 9.92. The molecule has 2 heterocycles. The molecule has 1 aromatic rings. The number of carbonyl (C=O) groups is 2. The summed E-state index contributed by atoms with van der Waals surface area (Å²) in [5.74, 6) is 1.90. The fourth-order valence-electron chi connectivity index (χ4n) is 4.83. The number of nitrogens with zero attached hydrogens (tertiary/aromatic N) is 2. The molecule has 0 aromatic heterocycles. The summed E-state index contributed by atoms with van der Waals surface area (Å²) in [6.45, 7) is 2.61. The second-order valence-corrected chi connectivity index (χ2v) is 7.89. The zero-order valence-electron chi connectivity index (χ0n) is 15.0. The van der Waals surface area contributed by atoms with Crippen molar-refractivity contribution in [2.24, 2.45) is 11.8 Å². The maximum atomic E-state index is 12.9. The number of likely N-dealkylation sites (tertiary alicyclic amines) is 1. The minimum absolute atomic E-state index is 0.153. The molecule has 3 fully saturated rings. The van der Waals surface area contributed by atoms with Crippen molar-refractivity contribution in [3.8, 4) is 0 Å². The first-order valence-corrected chi connectivity index (χ1v) is 9.92. The van der Waals surface area contributed by atoms with Gasteiger partial charge in [-0.1, -0.05) is 19.3 Å². The van der Waals surface area contributed by atoms with Crippen molar-refractivity contribution < 1.29 is 9.59 Å². The van der Waals surface area contributed by atoms with Crippen LogP contribution in [0.15, 0.2) is 24.3 Å². The van der Waals surface area contributed by atoms with Crippen molar-refractivity contribution in [3.63, 3.8) is 0 Å². The molecular weight excluding hydrogens is 312 g/mol. The van der Waals surface area contributed by atoms with E-state index in [4.69, 9.17) is 0 Å². The monoisotopic (exact) mass is 340 g/mol. The van der Waals surface area contributed by atoms with E-state index in [0.717, 1.165) is 56.1 Å². The first kappa shape index (κ1) is 16.6. The highest BCUT2D eigenvalue weighted by atomic mass is 16.2. The summed E-state index contributed by atoms with van der Waals surface area (Å²) >= 11 is 0. The summed E-state index contributed by atoms with van der Waals surface area (Å²) in [7, 11) is 0. The number of fused-ring (bicyclic) bond motifs is 1. The fraction of sp³-hybridized carbons (Fsp3) is 0.619. The van der Waals surface area contributed by atoms with Gasteiger partial charge >= 0.3 is 0 Å². The molecule has 2 saturated heterocycles. The van der Waals surface area contributed by atoms with Gasteiger partial charge in [0.1, 0.15) is 0 Å². The average Bonchev–Trinajstić information content (AvgIpc) is 2.67. The van der Waals surface area contributed by atoms with E-state index >= 15 is 0 Å². The Morgan fingerprint density at radius 2 is 1.64 bits per heavy atom. The van der Waals surface area contributed by atoms with Crippen LogP contribution in [0.4, 0.5) is 5.69 Å². The van der Waals surface area contributed by atoms with Gasteiger partial charge in [0.2, 0.25) is 5.91 Å². The van der Waals surface area contributed by atoms with Crippen LogP contribution in [0.2, 0.25) is 0 Å². The Hall–Kier alpha value is -1.84. The molecule has 0 bridgehead atoms. The van der Waals surface area contributed by atoms with Crippen LogP contribution in [0.1, 0.15) is 61.7 Å². The maximum Gasteiger partial charge on any atom is 0.253 e. The van der Waals surface area contributed by atoms with Crippen molar-refractivity contribution in [1.82, 2.24) is 4.90 Å². The van der Waals surface area contributed by atoms with Gasteiger partial charge in [-0.15, -0.1) is 0 Å². The highest BCUT2D eigenvalue weighted by molar-refractivity contribution is 5.97. The van der Waals surface area contributed by atoms with Gasteiger partial charge < -0.3 is 9.80 Å². The number of piperidine rings is 2. The molecule has 4 nitrogen and oxygen atoms in total. The van der Waals surface area contributed by atoms with E-state index in [1.165, 1.54) is 25.7 Å². The molecule has 4 rings (SSSR count). The number of amides is 2. The Kier molecular flexibility index (Phi) is 4.78. The third-order valence-electron chi connectivity index (χ3n) is 6.33. The summed E-state index contributed by atoms with van der Waals surface area (Å²) in [5.41, 5.74) is 1.68. The van der Waals surface area contributed by atoms with E-state index in [0.29, 0.717) is 12.3 Å². The number of rotatable bonds is 2. The number of carbonyl (C=O) groups excluding carboxylic acids is 2. The lowest BCUT2D eigenvalue weighted by Crippen LogP contribution is -2.44. The Balaban J connectivity index is 1.43. The summed E-state index contributed by atoms with van der Waals surface area (Å²) in [4.78, 5) is 28.8. The maximum absolute atomic E-state index is 12.9. The molecule has 1 saturated carbocycles. The lowest BCUT2D eigenvalue weighted by molar-refractivity contribution is -0.119. The largest absolute Gasteiger partial charge is 0.338 e. The molecule has 1 aliphatic carbocycles. The highest BCUT2D eigenvalue weighted by Gasteiger charge is 2.33. The van der Waals surface area contributed by atoms with Crippen LogP contribution in [0.25, 0.3) is 0 Å². The van der Waals surface area contributed by atoms with Crippen molar-refractivity contribution >= 4 is 17.5 Å². The molecule has 25 heavy (non-hydrogen) atoms. The number of hydrogen-bond donors (Lipinski definition) is 0. The molecule has 2 amide bonds. The molecule has 1 aromatic carbocycles. The Bertz CT molecular complexity index is 640. The van der Waals surface area contributed by atoms with E-state index in [9.17, 15) is 9.59 Å². The topological polar surface area (TPSA) is 40.6 Å². The summed E-state index contributed by atoms with van der Waals surface area (Å²) in [6, 6.07) is 7.66. The lowest BCUT2D eigenvalue weighted by Gasteiger charge is -2.41. The third kappa shape index (κ3) is 3.44. The van der Waals surface area contributed by atoms with Crippen LogP contribution < -0.4 is 4.90 Å². The normalized spacial score (nSPS) is 27.1. The second-order valence-electron chi connectivity index (χ2n) is 7.89. The predicted molar refractivity (Wildman–Crippen MR) is 98.6 cm³/mol. The molecule has 4 heteroatoms. The average molecular weight is 340 g/mol. The molecule has 2 atom stereocenters. The van der Waals surface area contributed by atoms with Crippen LogP contribution in [-0.4, -0.2) is 36.3 Å². The molecular formula is C21H28N2O2. The first-order chi connectivity index (χ1) is 12.2. The Morgan fingerprint density at radius 1 is 0.880 bits per heavy atom. The van der Waals surface area contributed by atoms with Gasteiger partial charge in [0.25, 0.3) is 5.91 Å². The van der Waals surface area contributed by atoms with E-state index in [1.807, 2.05) is 34.1 Å². The fourth-order valence-corrected chi connectivity index (χ4v) is 4.83. The molecule has 0 radical (unpaired) electrons. The van der Waals surface area contributed by atoms with Crippen LogP contribution in [-0.2, 0) is 4.79 Å². The van der Waals surface area contributed by atoms with Crippen molar-refractivity contribution in [2.45, 2.75) is 51.4 Å². The van der Waals surface area contributed by atoms with Gasteiger partial charge in [-0.25, -0.2) is 0 Å². The van der Waals surface area contributed by atoms with E-state index in [1.54, 1.807) is 0 Å². The molecule has 0 N–H and O–H groups in total. The molecule has 3 aliphatic rings. The number of anilines is 1. The molecule has 2 aliphatic heterocycles. The Morgan fingerprint density at radius 3 is 2.40 bits per heavy atom. The third-order valence-corrected chi connectivity index (χ3v) is 6.33. The van der Waals surface area contributed by atoms with Crippen molar-refractivity contribution in [1.29, 1.82) is 0 Å². The van der Waals surface area contributed by atoms with Gasteiger partial charge in [0.05, 0.1) is 0 Å². The van der Waals surface area contributed by atoms with E-state index < -0.39 is 0 Å². The van der Waals surface area contributed by atoms with Gasteiger partial charge in [0, 0.05) is 37.3 Å². The molecule has 134 valence electrons.